The molecule has 2 amide bonds. The number of benzene rings is 4. The number of hydrogen-bond acceptors (Lipinski definition) is 10. The van der Waals surface area contributed by atoms with Crippen LogP contribution in [0.25, 0.3) is 0 Å². The number of carbonyl (C=O) groups excluding carboxylic acids is 2. The predicted octanol–water partition coefficient (Wildman–Crippen LogP) is 8.27. The summed E-state index contributed by atoms with van der Waals surface area (Å²) in [5.41, 5.74) is 2.34. The first-order valence-electron chi connectivity index (χ1n) is 15.0. The molecule has 17 heteroatoms. The van der Waals surface area contributed by atoms with Gasteiger partial charge in [-0.2, -0.15) is 0 Å². The molecule has 0 spiro atoms. The SMILES string of the molecule is O=C1NCCc2ccc(c(Br)c2)Oc2ccc(c(Br)c2O)CCNC(=O)C(=NO)Cc2cc(Br)c(c(Br)c2)Oc2cc(cc(Br)c2O)CC1=NO. The fourth-order valence-electron chi connectivity index (χ4n) is 5.04. The van der Waals surface area contributed by atoms with Crippen molar-refractivity contribution in [3.63, 3.8) is 0 Å². The van der Waals surface area contributed by atoms with Crippen molar-refractivity contribution in [1.29, 1.82) is 0 Å². The summed E-state index contributed by atoms with van der Waals surface area (Å²) in [7, 11) is 0. The van der Waals surface area contributed by atoms with Gasteiger partial charge in [0.25, 0.3) is 11.8 Å². The Balaban J connectivity index is 1.46. The second-order valence-corrected chi connectivity index (χ2v) is 15.3. The number of rotatable bonds is 0. The fraction of sp³-hybridized carbons (Fsp3) is 0.176. The molecule has 0 aromatic heterocycles. The number of amides is 2. The number of nitrogens with one attached hydrogen (secondary N) is 2. The van der Waals surface area contributed by atoms with E-state index in [1.165, 1.54) is 6.07 Å². The third-order valence-corrected chi connectivity index (χ3v) is 10.9. The fourth-order valence-corrected chi connectivity index (χ4v) is 8.00. The van der Waals surface area contributed by atoms with Crippen molar-refractivity contribution in [2.45, 2.75) is 25.7 Å². The predicted molar refractivity (Wildman–Crippen MR) is 207 cm³/mol. The van der Waals surface area contributed by atoms with E-state index in [0.717, 1.165) is 5.56 Å². The maximum absolute atomic E-state index is 13.0. The number of ether oxygens (including phenoxy) is 2. The van der Waals surface area contributed by atoms with E-state index in [0.29, 0.717) is 53.2 Å². The molecule has 0 radical (unpaired) electrons. The molecule has 5 aliphatic rings. The number of halogens is 5. The van der Waals surface area contributed by atoms with Crippen LogP contribution < -0.4 is 20.1 Å². The van der Waals surface area contributed by atoms with E-state index in [9.17, 15) is 30.2 Å². The van der Waals surface area contributed by atoms with Crippen LogP contribution in [0.1, 0.15) is 22.3 Å². The Kier molecular flexibility index (Phi) is 13.1. The normalized spacial score (nSPS) is 16.2. The lowest BCUT2D eigenvalue weighted by Gasteiger charge is -2.15. The number of oxime groups is 2. The number of fused-ring (bicyclic) bond motifs is 1. The van der Waals surface area contributed by atoms with Gasteiger partial charge in [-0.05, 0) is 157 Å². The van der Waals surface area contributed by atoms with E-state index in [4.69, 9.17) is 9.47 Å². The zero-order valence-corrected chi connectivity index (χ0v) is 34.1. The van der Waals surface area contributed by atoms with E-state index in [1.807, 2.05) is 12.1 Å². The maximum Gasteiger partial charge on any atom is 0.269 e. The number of nitrogens with zero attached hydrogens (tertiary/aromatic N) is 2. The zero-order chi connectivity index (χ0) is 36.8. The second kappa shape index (κ2) is 17.3. The molecule has 0 saturated heterocycles. The minimum atomic E-state index is -0.589. The molecule has 0 atom stereocenters. The third-order valence-electron chi connectivity index (χ3n) is 7.62. The van der Waals surface area contributed by atoms with Gasteiger partial charge in [0.2, 0.25) is 0 Å². The van der Waals surface area contributed by atoms with Gasteiger partial charge in [0.05, 0.1) is 22.4 Å². The van der Waals surface area contributed by atoms with Gasteiger partial charge in [0.1, 0.15) is 17.2 Å². The summed E-state index contributed by atoms with van der Waals surface area (Å²) in [5, 5.41) is 53.0. The van der Waals surface area contributed by atoms with Gasteiger partial charge >= 0.3 is 0 Å². The largest absolute Gasteiger partial charge is 0.503 e. The lowest BCUT2D eigenvalue weighted by atomic mass is 10.1. The molecule has 4 aromatic rings. The van der Waals surface area contributed by atoms with E-state index < -0.39 is 11.8 Å². The van der Waals surface area contributed by atoms with Gasteiger partial charge in [0.15, 0.2) is 28.7 Å². The van der Waals surface area contributed by atoms with Crippen molar-refractivity contribution in [3.05, 3.63) is 99.2 Å². The Morgan fingerprint density at radius 3 is 1.75 bits per heavy atom. The molecule has 51 heavy (non-hydrogen) atoms. The van der Waals surface area contributed by atoms with Gasteiger partial charge in [-0.1, -0.05) is 22.4 Å². The van der Waals surface area contributed by atoms with Crippen LogP contribution in [0.2, 0.25) is 0 Å². The molecule has 0 unspecified atom stereocenters. The van der Waals surface area contributed by atoms with Gasteiger partial charge in [0, 0.05) is 25.9 Å². The monoisotopic (exact) mass is 1010 g/mol. The summed E-state index contributed by atoms with van der Waals surface area (Å²) in [6.45, 7) is 0.408. The second-order valence-electron chi connectivity index (χ2n) is 11.1. The first-order valence-corrected chi connectivity index (χ1v) is 19.0. The summed E-state index contributed by atoms with van der Waals surface area (Å²) in [5.74, 6) is -0.546. The van der Waals surface area contributed by atoms with Crippen LogP contribution in [0.3, 0.4) is 0 Å². The minimum absolute atomic E-state index is 0.0372. The van der Waals surface area contributed by atoms with Crippen LogP contribution >= 0.6 is 79.6 Å². The molecule has 5 heterocycles. The van der Waals surface area contributed by atoms with Gasteiger partial charge in [-0.15, -0.1) is 0 Å². The van der Waals surface area contributed by atoms with Crippen molar-refractivity contribution < 1.29 is 39.7 Å². The van der Waals surface area contributed by atoms with E-state index >= 15 is 0 Å². The Bertz CT molecular complexity index is 2050. The number of aromatic hydroxyl groups is 2. The molecule has 9 rings (SSSR count). The highest BCUT2D eigenvalue weighted by Gasteiger charge is 2.21. The van der Waals surface area contributed by atoms with Crippen molar-refractivity contribution in [2.24, 2.45) is 10.3 Å². The van der Waals surface area contributed by atoms with Crippen molar-refractivity contribution in [2.75, 3.05) is 13.1 Å². The summed E-state index contributed by atoms with van der Waals surface area (Å²) >= 11 is 17.2. The topological polar surface area (TPSA) is 182 Å². The summed E-state index contributed by atoms with van der Waals surface area (Å²) in [4.78, 5) is 25.9. The summed E-state index contributed by atoms with van der Waals surface area (Å²) in [6.07, 6.45) is 0.658. The molecular formula is C34H27Br5N4O8. The zero-order valence-electron chi connectivity index (χ0n) is 26.1. The number of phenols is 2. The van der Waals surface area contributed by atoms with Crippen molar-refractivity contribution >= 4 is 103 Å². The van der Waals surface area contributed by atoms with E-state index in [-0.39, 0.29) is 70.6 Å². The summed E-state index contributed by atoms with van der Waals surface area (Å²) in [6, 6.07) is 15.2. The first kappa shape index (κ1) is 38.6. The molecule has 12 nitrogen and oxygen atoms in total. The number of hydrogen-bond donors (Lipinski definition) is 6. The first-order chi connectivity index (χ1) is 24.4. The van der Waals surface area contributed by atoms with Crippen LogP contribution in [-0.2, 0) is 35.3 Å². The molecule has 4 aromatic carbocycles. The van der Waals surface area contributed by atoms with Gasteiger partial charge in [-0.3, -0.25) is 9.59 Å². The highest BCUT2D eigenvalue weighted by Crippen LogP contribution is 2.44. The van der Waals surface area contributed by atoms with E-state index in [2.05, 4.69) is 101 Å². The molecule has 0 aliphatic carbocycles. The molecular weight excluding hydrogens is 992 g/mol. The van der Waals surface area contributed by atoms with Gasteiger partial charge < -0.3 is 40.7 Å². The maximum atomic E-state index is 13.0. The Labute approximate surface area is 333 Å². The standard InChI is InChI=1S/C34H27Br5N4O8/c35-20-9-16-1-3-26(20)50-27-4-2-19(29(39)31(27)45)6-8-41-34(47)24(42-48)13-17-11-22(37)32(23(38)12-17)51-28-15-18(10-21(36)30(28)44)14-25(43-49)33(46)40-7-5-16/h1-4,9-12,15,44-45,48-49H,5-8,13-14H2,(H,40,46)(H,41,47). The Morgan fingerprint density at radius 1 is 0.588 bits per heavy atom. The smallest absolute Gasteiger partial charge is 0.269 e. The molecule has 5 aliphatic heterocycles. The average molecular weight is 1020 g/mol. The van der Waals surface area contributed by atoms with Crippen LogP contribution in [0.4, 0.5) is 0 Å². The average Bonchev–Trinajstić information content (AvgIpc) is 3.09. The Hall–Kier alpha value is -3.64. The van der Waals surface area contributed by atoms with Crippen molar-refractivity contribution in [3.8, 4) is 34.5 Å². The quantitative estimate of drug-likeness (QED) is 0.0752. The highest BCUT2D eigenvalue weighted by atomic mass is 79.9. The Morgan fingerprint density at radius 2 is 1.14 bits per heavy atom. The van der Waals surface area contributed by atoms with E-state index in [1.54, 1.807) is 36.4 Å². The molecule has 8 bridgehead atoms. The number of carbonyl (C=O) groups is 2. The van der Waals surface area contributed by atoms with Crippen LogP contribution in [0, 0.1) is 0 Å². The van der Waals surface area contributed by atoms with Crippen LogP contribution in [0.15, 0.2) is 87.3 Å². The molecule has 266 valence electrons. The van der Waals surface area contributed by atoms with Gasteiger partial charge in [-0.25, -0.2) is 0 Å². The third kappa shape index (κ3) is 9.43. The summed E-state index contributed by atoms with van der Waals surface area (Å²) < 4.78 is 14.2. The lowest BCUT2D eigenvalue weighted by Crippen LogP contribution is -2.33. The number of phenolic OH excluding ortho intramolecular Hbond substituents is 2. The molecule has 0 fully saturated rings. The van der Waals surface area contributed by atoms with Crippen LogP contribution in [-0.4, -0.2) is 57.0 Å². The van der Waals surface area contributed by atoms with Crippen LogP contribution in [0.5, 0.6) is 34.5 Å². The highest BCUT2D eigenvalue weighted by molar-refractivity contribution is 9.11. The molecule has 0 saturated carbocycles. The van der Waals surface area contributed by atoms with Crippen molar-refractivity contribution in [1.82, 2.24) is 10.6 Å². The minimum Gasteiger partial charge on any atom is -0.503 e. The molecule has 6 N–H and O–H groups in total. The lowest BCUT2D eigenvalue weighted by molar-refractivity contribution is -0.115.